The third kappa shape index (κ3) is 3.87. The number of hydrogen-bond donors (Lipinski definition) is 0. The summed E-state index contributed by atoms with van der Waals surface area (Å²) in [6.07, 6.45) is 14.2. The van der Waals surface area contributed by atoms with Crippen LogP contribution in [0.2, 0.25) is 0 Å². The summed E-state index contributed by atoms with van der Waals surface area (Å²) in [4.78, 5) is 21.1. The van der Waals surface area contributed by atoms with Gasteiger partial charge in [-0.2, -0.15) is 0 Å². The molecular formula is C20H20BN5O. The fraction of sp³-hybridized carbons (Fsp3) is 0.250. The second kappa shape index (κ2) is 7.27. The second-order valence-corrected chi connectivity index (χ2v) is 6.78. The van der Waals surface area contributed by atoms with E-state index >= 15 is 0 Å². The van der Waals surface area contributed by atoms with Gasteiger partial charge in [0, 0.05) is 0 Å². The normalized spacial score (nSPS) is 13.9. The Labute approximate surface area is 158 Å². The summed E-state index contributed by atoms with van der Waals surface area (Å²) in [6, 6.07) is 3.55. The van der Waals surface area contributed by atoms with Crippen molar-refractivity contribution in [3.8, 4) is 5.69 Å². The van der Waals surface area contributed by atoms with E-state index < -0.39 is 0 Å². The van der Waals surface area contributed by atoms with Gasteiger partial charge in [-0.15, -0.1) is 0 Å². The topological polar surface area (TPSA) is 65.6 Å². The molecule has 27 heavy (non-hydrogen) atoms. The molecule has 7 heteroatoms. The van der Waals surface area contributed by atoms with Crippen LogP contribution in [-0.4, -0.2) is 31.3 Å². The van der Waals surface area contributed by atoms with E-state index in [-0.39, 0.29) is 5.43 Å². The van der Waals surface area contributed by atoms with Crippen molar-refractivity contribution in [3.63, 3.8) is 0 Å². The predicted molar refractivity (Wildman–Crippen MR) is 106 cm³/mol. The monoisotopic (exact) mass is 357 g/mol. The number of aromatic nitrogens is 5. The zero-order valence-corrected chi connectivity index (χ0v) is 15.5. The molecule has 0 fully saturated rings. The molecule has 0 atom stereocenters. The molecule has 3 aromatic rings. The maximum atomic E-state index is 12.4. The molecule has 0 aromatic carbocycles. The van der Waals surface area contributed by atoms with Crippen LogP contribution in [0.5, 0.6) is 0 Å². The molecule has 0 N–H and O–H groups in total. The van der Waals surface area contributed by atoms with E-state index in [4.69, 9.17) is 0 Å². The van der Waals surface area contributed by atoms with Gasteiger partial charge in [0.05, 0.1) is 0 Å². The molecule has 0 unspecified atom stereocenters. The van der Waals surface area contributed by atoms with Crippen LogP contribution >= 0.6 is 0 Å². The van der Waals surface area contributed by atoms with Gasteiger partial charge in [0.1, 0.15) is 0 Å². The van der Waals surface area contributed by atoms with E-state index in [2.05, 4.69) is 27.2 Å². The summed E-state index contributed by atoms with van der Waals surface area (Å²) in [7, 11) is 3.79. The first-order valence-corrected chi connectivity index (χ1v) is 8.98. The molecule has 0 saturated carbocycles. The maximum absolute atomic E-state index is 12.4. The summed E-state index contributed by atoms with van der Waals surface area (Å²) in [5.74, 6) is 0.760. The SMILES string of the molecule is Cc1nccc(C2=CCCC(Cc3bn(-c4cnn(C)c4)ccc3=O)=C2)n1. The Kier molecular flexibility index (Phi) is 4.67. The van der Waals surface area contributed by atoms with Crippen LogP contribution in [-0.2, 0) is 13.5 Å². The summed E-state index contributed by atoms with van der Waals surface area (Å²) in [6.45, 7) is 1.89. The molecule has 0 bridgehead atoms. The number of nitrogens with zero attached hydrogens (tertiary/aromatic N) is 5. The van der Waals surface area contributed by atoms with Crippen molar-refractivity contribution in [2.24, 2.45) is 7.05 Å². The average Bonchev–Trinajstić information content (AvgIpc) is 3.10. The summed E-state index contributed by atoms with van der Waals surface area (Å²) >= 11 is 0. The van der Waals surface area contributed by atoms with Gasteiger partial charge in [0.2, 0.25) is 0 Å². The molecule has 3 heterocycles. The first kappa shape index (κ1) is 17.3. The van der Waals surface area contributed by atoms with Crippen LogP contribution in [0.15, 0.2) is 59.4 Å². The Morgan fingerprint density at radius 2 is 2.19 bits per heavy atom. The fourth-order valence-electron chi connectivity index (χ4n) is 3.31. The molecule has 0 amide bonds. The predicted octanol–water partition coefficient (Wildman–Crippen LogP) is 2.35. The number of rotatable bonds is 4. The Hall–Kier alpha value is -3.09. The van der Waals surface area contributed by atoms with Crippen molar-refractivity contribution in [1.82, 2.24) is 24.2 Å². The summed E-state index contributed by atoms with van der Waals surface area (Å²) in [5.41, 5.74) is 5.06. The third-order valence-corrected chi connectivity index (χ3v) is 4.67. The van der Waals surface area contributed by atoms with Gasteiger partial charge in [-0.25, -0.2) is 0 Å². The third-order valence-electron chi connectivity index (χ3n) is 4.67. The second-order valence-electron chi connectivity index (χ2n) is 6.78. The zero-order valence-electron chi connectivity index (χ0n) is 15.5. The first-order valence-electron chi connectivity index (χ1n) is 8.98. The van der Waals surface area contributed by atoms with Gasteiger partial charge in [-0.3, -0.25) is 0 Å². The van der Waals surface area contributed by atoms with Crippen LogP contribution in [0.4, 0.5) is 0 Å². The van der Waals surface area contributed by atoms with Crippen molar-refractivity contribution in [3.05, 3.63) is 81.8 Å². The first-order chi connectivity index (χ1) is 13.1. The van der Waals surface area contributed by atoms with E-state index in [9.17, 15) is 4.79 Å². The molecule has 6 nitrogen and oxygen atoms in total. The van der Waals surface area contributed by atoms with Crippen LogP contribution in [0, 0.1) is 6.92 Å². The van der Waals surface area contributed by atoms with Crippen LogP contribution in [0.3, 0.4) is 0 Å². The number of aryl methyl sites for hydroxylation is 2. The Balaban J connectivity index is 1.62. The number of hydrogen-bond acceptors (Lipinski definition) is 4. The van der Waals surface area contributed by atoms with Gasteiger partial charge in [0.15, 0.2) is 0 Å². The van der Waals surface area contributed by atoms with Crippen molar-refractivity contribution >= 4 is 12.6 Å². The summed E-state index contributed by atoms with van der Waals surface area (Å²) < 4.78 is 3.69. The van der Waals surface area contributed by atoms with Crippen molar-refractivity contribution in [1.29, 1.82) is 0 Å². The van der Waals surface area contributed by atoms with E-state index in [0.29, 0.717) is 6.42 Å². The Morgan fingerprint density at radius 3 is 2.96 bits per heavy atom. The fourth-order valence-corrected chi connectivity index (χ4v) is 3.31. The van der Waals surface area contributed by atoms with Crippen molar-refractivity contribution < 1.29 is 0 Å². The van der Waals surface area contributed by atoms with Crippen LogP contribution < -0.4 is 5.43 Å². The molecular weight excluding hydrogens is 337 g/mol. The summed E-state index contributed by atoms with van der Waals surface area (Å²) in [5, 5.41) is 4.20. The molecule has 1 aliphatic carbocycles. The molecule has 0 radical (unpaired) electrons. The van der Waals surface area contributed by atoms with Crippen LogP contribution in [0.25, 0.3) is 11.3 Å². The van der Waals surface area contributed by atoms with Gasteiger partial charge in [-0.1, -0.05) is 0 Å². The van der Waals surface area contributed by atoms with E-state index in [1.54, 1.807) is 29.3 Å². The molecule has 4 rings (SSSR count). The molecule has 0 saturated heterocycles. The van der Waals surface area contributed by atoms with Gasteiger partial charge in [0.25, 0.3) is 0 Å². The number of allylic oxidation sites excluding steroid dienone is 4. The van der Waals surface area contributed by atoms with Crippen molar-refractivity contribution in [2.45, 2.75) is 26.2 Å². The van der Waals surface area contributed by atoms with E-state index in [1.165, 1.54) is 5.57 Å². The molecule has 0 aliphatic heterocycles. The van der Waals surface area contributed by atoms with Gasteiger partial charge >= 0.3 is 158 Å². The van der Waals surface area contributed by atoms with Gasteiger partial charge in [-0.05, 0) is 0 Å². The Bertz CT molecular complexity index is 1110. The molecule has 134 valence electrons. The van der Waals surface area contributed by atoms with Gasteiger partial charge < -0.3 is 0 Å². The van der Waals surface area contributed by atoms with Crippen LogP contribution in [0.1, 0.15) is 29.8 Å². The zero-order chi connectivity index (χ0) is 18.8. The molecule has 3 aromatic heterocycles. The molecule has 0 spiro atoms. The Morgan fingerprint density at radius 1 is 1.30 bits per heavy atom. The average molecular weight is 357 g/mol. The minimum absolute atomic E-state index is 0.0602. The van der Waals surface area contributed by atoms with Crippen molar-refractivity contribution in [2.75, 3.05) is 0 Å². The quantitative estimate of drug-likeness (QED) is 0.719. The standard InChI is InChI=1S/C20H20BN5O/c1-14-22-8-6-19(24-14)16-5-3-4-15(10-16)11-18-20(27)7-9-26(21-18)17-12-23-25(2)13-17/h5-10,12-13H,3-4,11H2,1-2H3. The van der Waals surface area contributed by atoms with E-state index in [0.717, 1.165) is 41.1 Å². The minimum atomic E-state index is 0.0602. The van der Waals surface area contributed by atoms with E-state index in [1.807, 2.05) is 37.8 Å². The molecule has 1 aliphatic rings.